The van der Waals surface area contributed by atoms with Crippen molar-refractivity contribution in [3.8, 4) is 0 Å². The van der Waals surface area contributed by atoms with Gasteiger partial charge in [-0.05, 0) is 38.0 Å². The Hall–Kier alpha value is -0.830. The molecule has 3 N–H and O–H groups in total. The van der Waals surface area contributed by atoms with Crippen molar-refractivity contribution in [2.45, 2.75) is 117 Å². The topological polar surface area (TPSA) is 55.1 Å². The summed E-state index contributed by atoms with van der Waals surface area (Å²) in [7, 11) is 0. The number of hydrogen-bond donors (Lipinski definition) is 2. The van der Waals surface area contributed by atoms with Gasteiger partial charge < -0.3 is 11.1 Å². The molecule has 0 saturated heterocycles. The molecular formula is C23H46N2O. The van der Waals surface area contributed by atoms with Gasteiger partial charge in [0.2, 0.25) is 5.91 Å². The summed E-state index contributed by atoms with van der Waals surface area (Å²) in [5.74, 6) is 0.560. The maximum Gasteiger partial charge on any atom is 0.220 e. The minimum Gasteiger partial charge on any atom is -0.352 e. The number of nitrogens with two attached hydrogens (primary N) is 1. The molecule has 1 atom stereocenters. The molecule has 0 bridgehead atoms. The maximum absolute atomic E-state index is 11.9. The molecule has 0 heterocycles. The summed E-state index contributed by atoms with van der Waals surface area (Å²) >= 11 is 0. The summed E-state index contributed by atoms with van der Waals surface area (Å²) < 4.78 is 0. The SMILES string of the molecule is CCCCCCCC/C=C\CCCCCCCC(=O)N[C@@H](CN)C(C)C. The lowest BCUT2D eigenvalue weighted by atomic mass is 10.0. The van der Waals surface area contributed by atoms with Gasteiger partial charge in [0.15, 0.2) is 0 Å². The van der Waals surface area contributed by atoms with Gasteiger partial charge in [0.05, 0.1) is 0 Å². The van der Waals surface area contributed by atoms with Crippen molar-refractivity contribution in [3.05, 3.63) is 12.2 Å². The van der Waals surface area contributed by atoms with Crippen LogP contribution in [0.1, 0.15) is 111 Å². The Balaban J connectivity index is 3.35. The lowest BCUT2D eigenvalue weighted by Gasteiger charge is -2.20. The summed E-state index contributed by atoms with van der Waals surface area (Å²) in [4.78, 5) is 11.9. The first-order valence-corrected chi connectivity index (χ1v) is 11.3. The molecule has 0 aliphatic rings. The second kappa shape index (κ2) is 18.9. The van der Waals surface area contributed by atoms with Gasteiger partial charge in [0, 0.05) is 19.0 Å². The van der Waals surface area contributed by atoms with E-state index in [0.29, 0.717) is 18.9 Å². The van der Waals surface area contributed by atoms with Crippen LogP contribution in [0.15, 0.2) is 12.2 Å². The molecule has 154 valence electrons. The van der Waals surface area contributed by atoms with Crippen LogP contribution in [0.3, 0.4) is 0 Å². The maximum atomic E-state index is 11.9. The largest absolute Gasteiger partial charge is 0.352 e. The Morgan fingerprint density at radius 2 is 1.35 bits per heavy atom. The minimum absolute atomic E-state index is 0.116. The summed E-state index contributed by atoms with van der Waals surface area (Å²) in [5.41, 5.74) is 5.69. The van der Waals surface area contributed by atoms with Crippen LogP contribution in [-0.4, -0.2) is 18.5 Å². The van der Waals surface area contributed by atoms with Crippen LogP contribution < -0.4 is 11.1 Å². The quantitative estimate of drug-likeness (QED) is 0.227. The Morgan fingerprint density at radius 3 is 1.85 bits per heavy atom. The van der Waals surface area contributed by atoms with Crippen molar-refractivity contribution in [3.63, 3.8) is 0 Å². The van der Waals surface area contributed by atoms with Gasteiger partial charge in [0.25, 0.3) is 0 Å². The fourth-order valence-corrected chi connectivity index (χ4v) is 3.13. The summed E-state index contributed by atoms with van der Waals surface area (Å²) in [6.07, 6.45) is 22.1. The fraction of sp³-hybridized carbons (Fsp3) is 0.870. The van der Waals surface area contributed by atoms with E-state index in [1.54, 1.807) is 0 Å². The van der Waals surface area contributed by atoms with E-state index in [9.17, 15) is 4.79 Å². The first-order valence-electron chi connectivity index (χ1n) is 11.3. The number of rotatable bonds is 18. The number of hydrogen-bond acceptors (Lipinski definition) is 2. The van der Waals surface area contributed by atoms with E-state index in [1.807, 2.05) is 0 Å². The average molecular weight is 367 g/mol. The second-order valence-electron chi connectivity index (χ2n) is 7.99. The third kappa shape index (κ3) is 16.6. The highest BCUT2D eigenvalue weighted by atomic mass is 16.1. The Bertz CT molecular complexity index is 339. The Morgan fingerprint density at radius 1 is 0.846 bits per heavy atom. The predicted octanol–water partition coefficient (Wildman–Crippen LogP) is 6.12. The normalized spacial score (nSPS) is 12.8. The summed E-state index contributed by atoms with van der Waals surface area (Å²) in [6.45, 7) is 6.99. The van der Waals surface area contributed by atoms with Gasteiger partial charge in [0.1, 0.15) is 0 Å². The first kappa shape index (κ1) is 25.2. The molecule has 3 heteroatoms. The van der Waals surface area contributed by atoms with Crippen LogP contribution >= 0.6 is 0 Å². The lowest BCUT2D eigenvalue weighted by molar-refractivity contribution is -0.122. The molecule has 0 aromatic heterocycles. The molecule has 0 rings (SSSR count). The number of amides is 1. The molecule has 0 unspecified atom stereocenters. The zero-order valence-corrected chi connectivity index (χ0v) is 17.9. The van der Waals surface area contributed by atoms with Crippen molar-refractivity contribution in [2.24, 2.45) is 11.7 Å². The first-order chi connectivity index (χ1) is 12.6. The smallest absolute Gasteiger partial charge is 0.220 e. The zero-order valence-electron chi connectivity index (χ0n) is 17.9. The summed E-state index contributed by atoms with van der Waals surface area (Å²) in [6, 6.07) is 0.116. The fourth-order valence-electron chi connectivity index (χ4n) is 3.13. The lowest BCUT2D eigenvalue weighted by Crippen LogP contribution is -2.43. The van der Waals surface area contributed by atoms with Crippen LogP contribution in [0.2, 0.25) is 0 Å². The van der Waals surface area contributed by atoms with Crippen molar-refractivity contribution in [1.82, 2.24) is 5.32 Å². The van der Waals surface area contributed by atoms with Crippen LogP contribution in [0.4, 0.5) is 0 Å². The zero-order chi connectivity index (χ0) is 19.5. The Labute approximate surface area is 163 Å². The average Bonchev–Trinajstić information content (AvgIpc) is 2.62. The standard InChI is InChI=1S/C23H46N2O/c1-4-5-6-7-8-9-10-11-12-13-14-15-16-17-18-19-23(26)25-22(20-24)21(2)3/h11-12,21-22H,4-10,13-20,24H2,1-3H3,(H,25,26)/b12-11-/t22-/m0/s1. The van der Waals surface area contributed by atoms with E-state index in [0.717, 1.165) is 12.8 Å². The molecule has 0 aromatic rings. The van der Waals surface area contributed by atoms with Crippen LogP contribution in [0, 0.1) is 5.92 Å². The van der Waals surface area contributed by atoms with Crippen molar-refractivity contribution in [1.29, 1.82) is 0 Å². The molecule has 0 aromatic carbocycles. The Kier molecular flexibility index (Phi) is 18.3. The molecule has 0 fully saturated rings. The van der Waals surface area contributed by atoms with Gasteiger partial charge in [-0.1, -0.05) is 84.3 Å². The van der Waals surface area contributed by atoms with E-state index < -0.39 is 0 Å². The molecule has 0 spiro atoms. The molecular weight excluding hydrogens is 320 g/mol. The molecule has 0 aliphatic heterocycles. The monoisotopic (exact) mass is 366 g/mol. The molecule has 0 radical (unpaired) electrons. The highest BCUT2D eigenvalue weighted by Gasteiger charge is 2.13. The molecule has 1 amide bonds. The van der Waals surface area contributed by atoms with Gasteiger partial charge >= 0.3 is 0 Å². The third-order valence-electron chi connectivity index (χ3n) is 5.07. The van der Waals surface area contributed by atoms with E-state index in [4.69, 9.17) is 5.73 Å². The summed E-state index contributed by atoms with van der Waals surface area (Å²) in [5, 5.41) is 3.04. The highest BCUT2D eigenvalue weighted by Crippen LogP contribution is 2.10. The van der Waals surface area contributed by atoms with Crippen molar-refractivity contribution >= 4 is 5.91 Å². The van der Waals surface area contributed by atoms with Crippen LogP contribution in [0.25, 0.3) is 0 Å². The van der Waals surface area contributed by atoms with Crippen LogP contribution in [-0.2, 0) is 4.79 Å². The van der Waals surface area contributed by atoms with E-state index in [-0.39, 0.29) is 11.9 Å². The van der Waals surface area contributed by atoms with Gasteiger partial charge in [-0.25, -0.2) is 0 Å². The minimum atomic E-state index is 0.116. The second-order valence-corrected chi connectivity index (χ2v) is 7.99. The third-order valence-corrected chi connectivity index (χ3v) is 5.07. The van der Waals surface area contributed by atoms with Gasteiger partial charge in [-0.15, -0.1) is 0 Å². The number of carbonyl (C=O) groups is 1. The molecule has 3 nitrogen and oxygen atoms in total. The number of nitrogens with one attached hydrogen (secondary N) is 1. The molecule has 0 saturated carbocycles. The highest BCUT2D eigenvalue weighted by molar-refractivity contribution is 5.76. The van der Waals surface area contributed by atoms with Gasteiger partial charge in [-0.2, -0.15) is 0 Å². The number of carbonyl (C=O) groups excluding carboxylic acids is 1. The number of allylic oxidation sites excluding steroid dienone is 2. The van der Waals surface area contributed by atoms with E-state index in [1.165, 1.54) is 70.6 Å². The van der Waals surface area contributed by atoms with Gasteiger partial charge in [-0.3, -0.25) is 4.79 Å². The van der Waals surface area contributed by atoms with Crippen LogP contribution in [0.5, 0.6) is 0 Å². The molecule has 0 aliphatic carbocycles. The molecule has 26 heavy (non-hydrogen) atoms. The van der Waals surface area contributed by atoms with E-state index >= 15 is 0 Å². The van der Waals surface area contributed by atoms with E-state index in [2.05, 4.69) is 38.2 Å². The van der Waals surface area contributed by atoms with Crippen molar-refractivity contribution < 1.29 is 4.79 Å². The number of unbranched alkanes of at least 4 members (excludes halogenated alkanes) is 11. The predicted molar refractivity (Wildman–Crippen MR) is 115 cm³/mol. The van der Waals surface area contributed by atoms with Crippen molar-refractivity contribution in [2.75, 3.05) is 6.54 Å².